The molecule has 2 aliphatic heterocycles. The van der Waals surface area contributed by atoms with Crippen LogP contribution in [0, 0.1) is 11.7 Å². The van der Waals surface area contributed by atoms with Gasteiger partial charge in [-0.05, 0) is 56.0 Å². The first-order valence-electron chi connectivity index (χ1n) is 10.1. The van der Waals surface area contributed by atoms with Gasteiger partial charge in [0, 0.05) is 18.0 Å². The van der Waals surface area contributed by atoms with E-state index in [-0.39, 0.29) is 29.4 Å². The molecule has 2 aliphatic rings. The van der Waals surface area contributed by atoms with E-state index in [2.05, 4.69) is 15.3 Å². The third kappa shape index (κ3) is 3.58. The molecule has 0 bridgehead atoms. The average molecular weight is 435 g/mol. The highest BCUT2D eigenvalue weighted by molar-refractivity contribution is 6.30. The Kier molecular flexibility index (Phi) is 5.76. The molecule has 2 unspecified atom stereocenters. The van der Waals surface area contributed by atoms with Crippen molar-refractivity contribution >= 4 is 17.5 Å². The minimum atomic E-state index is -1.45. The summed E-state index contributed by atoms with van der Waals surface area (Å²) in [6, 6.07) is 2.78. The largest absolute Gasteiger partial charge is 0.385 e. The van der Waals surface area contributed by atoms with Crippen LogP contribution < -0.4 is 5.32 Å². The zero-order valence-electron chi connectivity index (χ0n) is 16.6. The summed E-state index contributed by atoms with van der Waals surface area (Å²) in [7, 11) is 0. The van der Waals surface area contributed by atoms with E-state index in [0.29, 0.717) is 17.0 Å². The normalized spacial score (nSPS) is 21.6. The van der Waals surface area contributed by atoms with Crippen LogP contribution in [0.3, 0.4) is 0 Å². The van der Waals surface area contributed by atoms with Crippen molar-refractivity contribution in [2.45, 2.75) is 44.6 Å². The van der Waals surface area contributed by atoms with Crippen molar-refractivity contribution < 1.29 is 19.4 Å². The molecule has 30 heavy (non-hydrogen) atoms. The fraction of sp³-hybridized carbons (Fsp3) is 0.476. The van der Waals surface area contributed by atoms with Crippen LogP contribution in [0.1, 0.15) is 59.7 Å². The van der Waals surface area contributed by atoms with E-state index >= 15 is 4.39 Å². The number of aliphatic hydroxyl groups is 2. The molecule has 1 aromatic carbocycles. The van der Waals surface area contributed by atoms with Crippen LogP contribution in [-0.2, 0) is 12.1 Å². The van der Waals surface area contributed by atoms with E-state index in [1.165, 1.54) is 24.5 Å². The topological polar surface area (TPSA) is 98.6 Å². The van der Waals surface area contributed by atoms with Gasteiger partial charge >= 0.3 is 0 Å². The number of nitrogens with one attached hydrogen (secondary N) is 1. The van der Waals surface area contributed by atoms with Gasteiger partial charge in [-0.3, -0.25) is 4.79 Å². The van der Waals surface area contributed by atoms with Crippen molar-refractivity contribution in [1.29, 1.82) is 0 Å². The predicted octanol–water partition coefficient (Wildman–Crippen LogP) is 2.51. The first kappa shape index (κ1) is 21.1. The van der Waals surface area contributed by atoms with Gasteiger partial charge in [0.05, 0.1) is 22.7 Å². The molecule has 1 fully saturated rings. The standard InChI is InChI=1S/C21H24ClFN4O3/c1-2-21(30,12-3-5-24-6-4-12)13-7-15-18(16(23)8-13)20(29)27(19(15)28)11-17-25-9-14(22)10-26-17/h7-10,12,20,24,29-30H,2-6,11H2,1H3. The van der Waals surface area contributed by atoms with Gasteiger partial charge in [0.15, 0.2) is 6.23 Å². The summed E-state index contributed by atoms with van der Waals surface area (Å²) >= 11 is 5.79. The Labute approximate surface area is 178 Å². The first-order valence-corrected chi connectivity index (χ1v) is 10.5. The molecule has 1 saturated heterocycles. The number of amides is 1. The third-order valence-corrected chi connectivity index (χ3v) is 6.41. The molecule has 2 atom stereocenters. The van der Waals surface area contributed by atoms with Crippen LogP contribution in [0.25, 0.3) is 0 Å². The summed E-state index contributed by atoms with van der Waals surface area (Å²) in [5.41, 5.74) is -0.886. The predicted molar refractivity (Wildman–Crippen MR) is 108 cm³/mol. The summed E-state index contributed by atoms with van der Waals surface area (Å²) in [5.74, 6) is -0.995. The highest BCUT2D eigenvalue weighted by Gasteiger charge is 2.43. The second-order valence-electron chi connectivity index (χ2n) is 7.85. The molecule has 0 saturated carbocycles. The summed E-state index contributed by atoms with van der Waals surface area (Å²) in [4.78, 5) is 22.2. The third-order valence-electron chi connectivity index (χ3n) is 6.21. The number of benzene rings is 1. The Morgan fingerprint density at radius 1 is 1.30 bits per heavy atom. The van der Waals surface area contributed by atoms with Crippen LogP contribution in [0.2, 0.25) is 5.02 Å². The number of piperidine rings is 1. The van der Waals surface area contributed by atoms with Crippen molar-refractivity contribution in [2.24, 2.45) is 5.92 Å². The molecular formula is C21H24ClFN4O3. The van der Waals surface area contributed by atoms with Gasteiger partial charge in [-0.25, -0.2) is 14.4 Å². The van der Waals surface area contributed by atoms with Gasteiger partial charge in [0.2, 0.25) is 0 Å². The quantitative estimate of drug-likeness (QED) is 0.668. The van der Waals surface area contributed by atoms with Gasteiger partial charge < -0.3 is 20.4 Å². The maximum atomic E-state index is 15.1. The molecule has 0 radical (unpaired) electrons. The van der Waals surface area contributed by atoms with E-state index in [1.807, 2.05) is 6.92 Å². The van der Waals surface area contributed by atoms with E-state index < -0.39 is 23.6 Å². The van der Waals surface area contributed by atoms with Crippen molar-refractivity contribution in [3.63, 3.8) is 0 Å². The number of halogens is 2. The number of carbonyl (C=O) groups excluding carboxylic acids is 1. The molecule has 4 rings (SSSR count). The van der Waals surface area contributed by atoms with Gasteiger partial charge in [0.25, 0.3) is 5.91 Å². The maximum absolute atomic E-state index is 15.1. The van der Waals surface area contributed by atoms with E-state index in [0.717, 1.165) is 30.8 Å². The van der Waals surface area contributed by atoms with Crippen LogP contribution in [0.4, 0.5) is 4.39 Å². The Morgan fingerprint density at radius 3 is 2.60 bits per heavy atom. The van der Waals surface area contributed by atoms with E-state index in [9.17, 15) is 15.0 Å². The lowest BCUT2D eigenvalue weighted by molar-refractivity contribution is -0.0398. The minimum Gasteiger partial charge on any atom is -0.385 e. The number of aromatic nitrogens is 2. The van der Waals surface area contributed by atoms with Crippen molar-refractivity contribution in [2.75, 3.05) is 13.1 Å². The molecule has 2 aromatic rings. The molecule has 3 heterocycles. The SMILES string of the molecule is CCC(O)(c1cc(F)c2c(c1)C(=O)N(Cc1ncc(Cl)cn1)C2O)C1CCNCC1. The molecule has 1 amide bonds. The number of carbonyl (C=O) groups is 1. The maximum Gasteiger partial charge on any atom is 0.257 e. The van der Waals surface area contributed by atoms with Gasteiger partial charge in [-0.1, -0.05) is 18.5 Å². The van der Waals surface area contributed by atoms with Crippen molar-refractivity contribution in [1.82, 2.24) is 20.2 Å². The lowest BCUT2D eigenvalue weighted by Gasteiger charge is -2.38. The molecule has 1 aromatic heterocycles. The Morgan fingerprint density at radius 2 is 1.97 bits per heavy atom. The highest BCUT2D eigenvalue weighted by atomic mass is 35.5. The van der Waals surface area contributed by atoms with Crippen LogP contribution in [0.15, 0.2) is 24.5 Å². The van der Waals surface area contributed by atoms with Crippen LogP contribution >= 0.6 is 11.6 Å². The zero-order valence-corrected chi connectivity index (χ0v) is 17.4. The second kappa shape index (κ2) is 8.19. The number of nitrogens with zero attached hydrogens (tertiary/aromatic N) is 3. The Hall–Kier alpha value is -2.13. The fourth-order valence-electron chi connectivity index (χ4n) is 4.49. The molecule has 7 nitrogen and oxygen atoms in total. The van der Waals surface area contributed by atoms with Gasteiger partial charge in [-0.2, -0.15) is 0 Å². The van der Waals surface area contributed by atoms with E-state index in [4.69, 9.17) is 11.6 Å². The lowest BCUT2D eigenvalue weighted by Crippen LogP contribution is -2.41. The van der Waals surface area contributed by atoms with Gasteiger partial charge in [0.1, 0.15) is 11.6 Å². The fourth-order valence-corrected chi connectivity index (χ4v) is 4.59. The molecule has 160 valence electrons. The molecule has 3 N–H and O–H groups in total. The van der Waals surface area contributed by atoms with E-state index in [1.54, 1.807) is 0 Å². The average Bonchev–Trinajstić information content (AvgIpc) is 3.00. The van der Waals surface area contributed by atoms with Crippen LogP contribution in [0.5, 0.6) is 0 Å². The molecule has 9 heteroatoms. The molecule has 0 aliphatic carbocycles. The molecule has 0 spiro atoms. The number of rotatable bonds is 5. The number of aliphatic hydroxyl groups excluding tert-OH is 1. The Balaban J connectivity index is 1.68. The highest BCUT2D eigenvalue weighted by Crippen LogP contribution is 2.42. The number of fused-ring (bicyclic) bond motifs is 1. The monoisotopic (exact) mass is 434 g/mol. The first-order chi connectivity index (χ1) is 14.3. The Bertz CT molecular complexity index is 952. The summed E-state index contributed by atoms with van der Waals surface area (Å²) in [6.07, 6.45) is 3.26. The van der Waals surface area contributed by atoms with Gasteiger partial charge in [-0.15, -0.1) is 0 Å². The van der Waals surface area contributed by atoms with Crippen molar-refractivity contribution in [3.05, 3.63) is 57.9 Å². The number of hydrogen-bond acceptors (Lipinski definition) is 6. The zero-order chi connectivity index (χ0) is 21.5. The summed E-state index contributed by atoms with van der Waals surface area (Å²) in [5, 5.41) is 25.7. The second-order valence-corrected chi connectivity index (χ2v) is 8.28. The smallest absolute Gasteiger partial charge is 0.257 e. The minimum absolute atomic E-state index is 0.0406. The number of hydrogen-bond donors (Lipinski definition) is 3. The van der Waals surface area contributed by atoms with Crippen LogP contribution in [-0.4, -0.2) is 44.1 Å². The molecular weight excluding hydrogens is 411 g/mol. The summed E-state index contributed by atoms with van der Waals surface area (Å²) < 4.78 is 15.1. The van der Waals surface area contributed by atoms with Crippen molar-refractivity contribution in [3.8, 4) is 0 Å². The summed E-state index contributed by atoms with van der Waals surface area (Å²) in [6.45, 7) is 3.33. The lowest BCUT2D eigenvalue weighted by atomic mass is 9.74.